The van der Waals surface area contributed by atoms with Crippen LogP contribution in [0.15, 0.2) is 36.4 Å². The molecule has 2 N–H and O–H groups in total. The van der Waals surface area contributed by atoms with Crippen LogP contribution in [0.3, 0.4) is 0 Å². The van der Waals surface area contributed by atoms with Gasteiger partial charge in [0.2, 0.25) is 5.91 Å². The SMILES string of the molecule is O=C(N[C@@H]1C=C[C@H](CO)C1)c1ccc(N2CCCC2=O)cc1. The number of anilines is 1. The third-order valence-electron chi connectivity index (χ3n) is 4.24. The fraction of sp³-hybridized carbons (Fsp3) is 0.412. The minimum absolute atomic E-state index is 0.0236. The maximum atomic E-state index is 12.2. The number of rotatable bonds is 4. The molecule has 0 bridgehead atoms. The lowest BCUT2D eigenvalue weighted by Crippen LogP contribution is -2.33. The second-order valence-corrected chi connectivity index (χ2v) is 5.84. The number of benzene rings is 1. The summed E-state index contributed by atoms with van der Waals surface area (Å²) in [6.07, 6.45) is 6.09. The lowest BCUT2D eigenvalue weighted by atomic mass is 10.1. The molecule has 2 amide bonds. The molecule has 3 rings (SSSR count). The van der Waals surface area contributed by atoms with Gasteiger partial charge in [-0.25, -0.2) is 0 Å². The Kier molecular flexibility index (Phi) is 4.24. The first-order valence-corrected chi connectivity index (χ1v) is 7.68. The van der Waals surface area contributed by atoms with Crippen molar-refractivity contribution in [1.29, 1.82) is 0 Å². The standard InChI is InChI=1S/C17H20N2O3/c20-11-12-3-6-14(10-12)18-17(22)13-4-7-15(8-5-13)19-9-1-2-16(19)21/h3-8,12,14,20H,1-2,9-11H2,(H,18,22)/t12-,14+/m0/s1. The molecule has 0 radical (unpaired) electrons. The fourth-order valence-electron chi connectivity index (χ4n) is 2.98. The van der Waals surface area contributed by atoms with Gasteiger partial charge in [0.25, 0.3) is 5.91 Å². The van der Waals surface area contributed by atoms with Gasteiger partial charge in [-0.3, -0.25) is 9.59 Å². The van der Waals surface area contributed by atoms with Crippen LogP contribution in [0.25, 0.3) is 0 Å². The average Bonchev–Trinajstić information content (AvgIpc) is 3.16. The fourth-order valence-corrected chi connectivity index (χ4v) is 2.98. The summed E-state index contributed by atoms with van der Waals surface area (Å²) in [5, 5.41) is 12.0. The molecule has 1 fully saturated rings. The minimum atomic E-state index is -0.132. The summed E-state index contributed by atoms with van der Waals surface area (Å²) < 4.78 is 0. The number of amides is 2. The second-order valence-electron chi connectivity index (χ2n) is 5.84. The van der Waals surface area contributed by atoms with Gasteiger partial charge >= 0.3 is 0 Å². The zero-order chi connectivity index (χ0) is 15.5. The first kappa shape index (κ1) is 14.8. The van der Waals surface area contributed by atoms with Gasteiger partial charge < -0.3 is 15.3 Å². The van der Waals surface area contributed by atoms with E-state index in [1.807, 2.05) is 24.3 Å². The van der Waals surface area contributed by atoms with Gasteiger partial charge in [-0.05, 0) is 37.1 Å². The van der Waals surface area contributed by atoms with E-state index in [1.54, 1.807) is 17.0 Å². The van der Waals surface area contributed by atoms with E-state index < -0.39 is 0 Å². The molecule has 5 heteroatoms. The summed E-state index contributed by atoms with van der Waals surface area (Å²) in [5.41, 5.74) is 1.43. The first-order chi connectivity index (χ1) is 10.7. The van der Waals surface area contributed by atoms with Crippen molar-refractivity contribution in [2.75, 3.05) is 18.1 Å². The lowest BCUT2D eigenvalue weighted by molar-refractivity contribution is -0.117. The molecule has 0 unspecified atom stereocenters. The highest BCUT2D eigenvalue weighted by Crippen LogP contribution is 2.22. The largest absolute Gasteiger partial charge is 0.396 e. The average molecular weight is 300 g/mol. The van der Waals surface area contributed by atoms with E-state index >= 15 is 0 Å². The summed E-state index contributed by atoms with van der Waals surface area (Å²) >= 11 is 0. The molecule has 1 aromatic carbocycles. The van der Waals surface area contributed by atoms with Crippen LogP contribution in [0.5, 0.6) is 0 Å². The van der Waals surface area contributed by atoms with Crippen LogP contribution in [0.1, 0.15) is 29.6 Å². The number of hydrogen-bond acceptors (Lipinski definition) is 3. The Bertz CT molecular complexity index is 594. The number of nitrogens with one attached hydrogen (secondary N) is 1. The Morgan fingerprint density at radius 2 is 2.05 bits per heavy atom. The Balaban J connectivity index is 1.62. The topological polar surface area (TPSA) is 69.6 Å². The highest BCUT2D eigenvalue weighted by atomic mass is 16.3. The summed E-state index contributed by atoms with van der Waals surface area (Å²) in [5.74, 6) is 0.143. The van der Waals surface area contributed by atoms with E-state index in [2.05, 4.69) is 5.32 Å². The molecule has 1 aromatic rings. The number of carbonyl (C=O) groups excluding carboxylic acids is 2. The van der Waals surface area contributed by atoms with E-state index in [0.717, 1.165) is 25.1 Å². The number of aliphatic hydroxyl groups is 1. The molecule has 116 valence electrons. The van der Waals surface area contributed by atoms with Crippen molar-refractivity contribution >= 4 is 17.5 Å². The minimum Gasteiger partial charge on any atom is -0.396 e. The lowest BCUT2D eigenvalue weighted by Gasteiger charge is -2.16. The molecule has 1 saturated heterocycles. The predicted octanol–water partition coefficient (Wildman–Crippen LogP) is 1.48. The van der Waals surface area contributed by atoms with E-state index in [4.69, 9.17) is 5.11 Å². The summed E-state index contributed by atoms with van der Waals surface area (Å²) in [7, 11) is 0. The zero-order valence-electron chi connectivity index (χ0n) is 12.4. The van der Waals surface area contributed by atoms with Crippen molar-refractivity contribution in [3.63, 3.8) is 0 Å². The van der Waals surface area contributed by atoms with Crippen molar-refractivity contribution < 1.29 is 14.7 Å². The van der Waals surface area contributed by atoms with Crippen molar-refractivity contribution in [1.82, 2.24) is 5.32 Å². The third-order valence-corrected chi connectivity index (χ3v) is 4.24. The molecular weight excluding hydrogens is 280 g/mol. The van der Waals surface area contributed by atoms with Gasteiger partial charge in [0.1, 0.15) is 0 Å². The number of nitrogens with zero attached hydrogens (tertiary/aromatic N) is 1. The number of carbonyl (C=O) groups is 2. The van der Waals surface area contributed by atoms with Crippen LogP contribution in [0.2, 0.25) is 0 Å². The van der Waals surface area contributed by atoms with Crippen molar-refractivity contribution in [3.05, 3.63) is 42.0 Å². The molecular formula is C17H20N2O3. The molecule has 0 spiro atoms. The van der Waals surface area contributed by atoms with Crippen LogP contribution in [0, 0.1) is 5.92 Å². The Hall–Kier alpha value is -2.14. The second kappa shape index (κ2) is 6.32. The normalized spacial score (nSPS) is 24.0. The Morgan fingerprint density at radius 1 is 1.27 bits per heavy atom. The van der Waals surface area contributed by atoms with Crippen LogP contribution in [-0.4, -0.2) is 36.1 Å². The van der Waals surface area contributed by atoms with Gasteiger partial charge in [0.15, 0.2) is 0 Å². The quantitative estimate of drug-likeness (QED) is 0.828. The molecule has 22 heavy (non-hydrogen) atoms. The van der Waals surface area contributed by atoms with E-state index in [1.165, 1.54) is 0 Å². The van der Waals surface area contributed by atoms with Crippen molar-refractivity contribution in [3.8, 4) is 0 Å². The Morgan fingerprint density at radius 3 is 2.64 bits per heavy atom. The highest BCUT2D eigenvalue weighted by Gasteiger charge is 2.23. The summed E-state index contributed by atoms with van der Waals surface area (Å²) in [6, 6.07) is 7.11. The van der Waals surface area contributed by atoms with Crippen LogP contribution in [0.4, 0.5) is 5.69 Å². The highest BCUT2D eigenvalue weighted by molar-refractivity contribution is 5.97. The Labute approximate surface area is 129 Å². The van der Waals surface area contributed by atoms with E-state index in [0.29, 0.717) is 12.0 Å². The monoisotopic (exact) mass is 300 g/mol. The van der Waals surface area contributed by atoms with Crippen molar-refractivity contribution in [2.24, 2.45) is 5.92 Å². The molecule has 2 atom stereocenters. The maximum absolute atomic E-state index is 12.2. The maximum Gasteiger partial charge on any atom is 0.251 e. The van der Waals surface area contributed by atoms with Gasteiger partial charge in [0.05, 0.1) is 0 Å². The molecule has 0 aromatic heterocycles. The number of hydrogen-bond donors (Lipinski definition) is 2. The molecule has 2 aliphatic rings. The third kappa shape index (κ3) is 3.04. The van der Waals surface area contributed by atoms with Crippen LogP contribution < -0.4 is 10.2 Å². The van der Waals surface area contributed by atoms with Crippen molar-refractivity contribution in [2.45, 2.75) is 25.3 Å². The van der Waals surface area contributed by atoms with E-state index in [-0.39, 0.29) is 30.4 Å². The molecule has 1 aliphatic carbocycles. The molecule has 1 heterocycles. The smallest absolute Gasteiger partial charge is 0.251 e. The predicted molar refractivity (Wildman–Crippen MR) is 83.6 cm³/mol. The first-order valence-electron chi connectivity index (χ1n) is 7.68. The summed E-state index contributed by atoms with van der Waals surface area (Å²) in [6.45, 7) is 0.862. The van der Waals surface area contributed by atoms with Gasteiger partial charge in [-0.15, -0.1) is 0 Å². The zero-order valence-corrected chi connectivity index (χ0v) is 12.4. The van der Waals surface area contributed by atoms with Gasteiger partial charge in [-0.1, -0.05) is 12.2 Å². The van der Waals surface area contributed by atoms with Gasteiger partial charge in [-0.2, -0.15) is 0 Å². The molecule has 1 aliphatic heterocycles. The molecule has 5 nitrogen and oxygen atoms in total. The van der Waals surface area contributed by atoms with Crippen LogP contribution in [-0.2, 0) is 4.79 Å². The van der Waals surface area contributed by atoms with Gasteiger partial charge in [0, 0.05) is 42.8 Å². The van der Waals surface area contributed by atoms with Crippen LogP contribution >= 0.6 is 0 Å². The molecule has 0 saturated carbocycles. The number of aliphatic hydroxyl groups excluding tert-OH is 1. The summed E-state index contributed by atoms with van der Waals surface area (Å²) in [4.78, 5) is 25.7. The van der Waals surface area contributed by atoms with E-state index in [9.17, 15) is 9.59 Å².